The summed E-state index contributed by atoms with van der Waals surface area (Å²) in [5.74, 6) is 0.683. The van der Waals surface area contributed by atoms with Crippen molar-refractivity contribution in [2.24, 2.45) is 11.8 Å². The number of rotatable bonds is 4. The van der Waals surface area contributed by atoms with E-state index in [4.69, 9.17) is 4.74 Å². The van der Waals surface area contributed by atoms with Crippen molar-refractivity contribution in [3.05, 3.63) is 59.9 Å². The monoisotopic (exact) mass is 394 g/mol. The average Bonchev–Trinajstić information content (AvgIpc) is 3.37. The second-order valence-corrected chi connectivity index (χ2v) is 9.07. The lowest BCUT2D eigenvalue weighted by Gasteiger charge is -2.30. The Bertz CT molecular complexity index is 946. The highest BCUT2D eigenvalue weighted by atomic mass is 19.1. The van der Waals surface area contributed by atoms with Crippen molar-refractivity contribution < 1.29 is 13.9 Å². The van der Waals surface area contributed by atoms with E-state index in [2.05, 4.69) is 19.0 Å². The first kappa shape index (κ1) is 18.8. The number of ether oxygens (including phenoxy) is 1. The van der Waals surface area contributed by atoms with Gasteiger partial charge in [-0.3, -0.25) is 4.79 Å². The van der Waals surface area contributed by atoms with E-state index in [0.29, 0.717) is 30.0 Å². The maximum absolute atomic E-state index is 13.6. The van der Waals surface area contributed by atoms with Crippen LogP contribution in [0.1, 0.15) is 23.2 Å². The fraction of sp³-hybridized carbons (Fsp3) is 0.458. The van der Waals surface area contributed by atoms with E-state index in [1.54, 1.807) is 6.07 Å². The van der Waals surface area contributed by atoms with Gasteiger partial charge in [0.2, 0.25) is 0 Å². The summed E-state index contributed by atoms with van der Waals surface area (Å²) in [5, 5.41) is 0. The van der Waals surface area contributed by atoms with Crippen LogP contribution in [-0.2, 0) is 4.74 Å². The molecule has 29 heavy (non-hydrogen) atoms. The molecule has 2 aromatic rings. The zero-order valence-corrected chi connectivity index (χ0v) is 17.0. The molecule has 0 saturated carbocycles. The van der Waals surface area contributed by atoms with Gasteiger partial charge >= 0.3 is 0 Å². The van der Waals surface area contributed by atoms with E-state index in [9.17, 15) is 9.18 Å². The quantitative estimate of drug-likeness (QED) is 0.793. The van der Waals surface area contributed by atoms with Gasteiger partial charge in [0.15, 0.2) is 0 Å². The molecule has 4 nitrogen and oxygen atoms in total. The van der Waals surface area contributed by atoms with Gasteiger partial charge in [-0.25, -0.2) is 4.39 Å². The molecule has 3 saturated heterocycles. The van der Waals surface area contributed by atoms with Crippen molar-refractivity contribution in [2.45, 2.75) is 24.5 Å². The standard InChI is InChI=1S/C24H27FN2O2/c1-26(2)13-20-21-14-27(15-24(21)10-9-22(20)29-24)23(28)18-7-3-5-16(11-18)17-6-4-8-19(25)12-17/h3-8,11-12,20-22H,9-10,13-15H2,1-2H3/t20-,21+,22+,24+/m0/s1. The SMILES string of the molecule is CN(C)C[C@H]1[C@H]2CN(C(=O)c3cccc(-c4cccc(F)c4)c3)C[C@]23CC[C@H]1O3. The molecule has 3 fully saturated rings. The lowest BCUT2D eigenvalue weighted by atomic mass is 9.73. The smallest absolute Gasteiger partial charge is 0.253 e. The molecule has 3 aliphatic heterocycles. The normalized spacial score (nSPS) is 30.2. The first-order valence-electron chi connectivity index (χ1n) is 10.4. The summed E-state index contributed by atoms with van der Waals surface area (Å²) < 4.78 is 20.1. The molecule has 152 valence electrons. The molecule has 4 atom stereocenters. The van der Waals surface area contributed by atoms with Crippen LogP contribution in [0.5, 0.6) is 0 Å². The predicted molar refractivity (Wildman–Crippen MR) is 110 cm³/mol. The number of likely N-dealkylation sites (tertiary alicyclic amines) is 1. The number of hydrogen-bond donors (Lipinski definition) is 0. The Balaban J connectivity index is 1.38. The van der Waals surface area contributed by atoms with Gasteiger partial charge in [-0.2, -0.15) is 0 Å². The molecule has 5 heteroatoms. The topological polar surface area (TPSA) is 32.8 Å². The molecule has 0 aliphatic carbocycles. The summed E-state index contributed by atoms with van der Waals surface area (Å²) in [6.07, 6.45) is 2.50. The molecule has 2 aromatic carbocycles. The van der Waals surface area contributed by atoms with Crippen molar-refractivity contribution >= 4 is 5.91 Å². The van der Waals surface area contributed by atoms with Crippen LogP contribution >= 0.6 is 0 Å². The Morgan fingerprint density at radius 1 is 1.21 bits per heavy atom. The van der Waals surface area contributed by atoms with Crippen LogP contribution in [0.2, 0.25) is 0 Å². The van der Waals surface area contributed by atoms with Gasteiger partial charge in [-0.15, -0.1) is 0 Å². The van der Waals surface area contributed by atoms with E-state index in [1.807, 2.05) is 35.2 Å². The van der Waals surface area contributed by atoms with Crippen molar-refractivity contribution in [3.63, 3.8) is 0 Å². The van der Waals surface area contributed by atoms with E-state index >= 15 is 0 Å². The van der Waals surface area contributed by atoms with Crippen molar-refractivity contribution in [1.29, 1.82) is 0 Å². The first-order chi connectivity index (χ1) is 13.9. The molecular formula is C24H27FN2O2. The number of halogens is 1. The molecule has 0 N–H and O–H groups in total. The molecule has 1 spiro atoms. The van der Waals surface area contributed by atoms with Gasteiger partial charge in [-0.05, 0) is 62.3 Å². The van der Waals surface area contributed by atoms with Gasteiger partial charge in [0.05, 0.1) is 18.2 Å². The van der Waals surface area contributed by atoms with E-state index < -0.39 is 0 Å². The Morgan fingerprint density at radius 3 is 2.72 bits per heavy atom. The summed E-state index contributed by atoms with van der Waals surface area (Å²) in [5.41, 5.74) is 2.14. The van der Waals surface area contributed by atoms with Gasteiger partial charge in [0.1, 0.15) is 5.82 Å². The zero-order valence-electron chi connectivity index (χ0n) is 17.0. The summed E-state index contributed by atoms with van der Waals surface area (Å²) >= 11 is 0. The highest BCUT2D eigenvalue weighted by Gasteiger charge is 2.63. The Kier molecular flexibility index (Phi) is 4.48. The number of amides is 1. The van der Waals surface area contributed by atoms with Crippen LogP contribution in [0.25, 0.3) is 11.1 Å². The summed E-state index contributed by atoms with van der Waals surface area (Å²) in [7, 11) is 4.21. The third kappa shape index (κ3) is 3.17. The highest BCUT2D eigenvalue weighted by molar-refractivity contribution is 5.95. The number of carbonyl (C=O) groups excluding carboxylic acids is 1. The van der Waals surface area contributed by atoms with E-state index in [1.165, 1.54) is 12.1 Å². The molecule has 0 aromatic heterocycles. The van der Waals surface area contributed by atoms with Crippen LogP contribution in [0.15, 0.2) is 48.5 Å². The molecule has 1 amide bonds. The fourth-order valence-corrected chi connectivity index (χ4v) is 5.69. The van der Waals surface area contributed by atoms with E-state index in [-0.39, 0.29) is 17.3 Å². The molecule has 3 heterocycles. The minimum absolute atomic E-state index is 0.0441. The van der Waals surface area contributed by atoms with Gasteiger partial charge in [-0.1, -0.05) is 24.3 Å². The molecule has 0 radical (unpaired) electrons. The summed E-state index contributed by atoms with van der Waals surface area (Å²) in [4.78, 5) is 17.5. The fourth-order valence-electron chi connectivity index (χ4n) is 5.69. The number of nitrogens with zero attached hydrogens (tertiary/aromatic N) is 2. The number of benzene rings is 2. The average molecular weight is 394 g/mol. The third-order valence-corrected chi connectivity index (χ3v) is 6.91. The molecular weight excluding hydrogens is 367 g/mol. The van der Waals surface area contributed by atoms with Crippen LogP contribution in [0.4, 0.5) is 4.39 Å². The lowest BCUT2D eigenvalue weighted by molar-refractivity contribution is 0.00256. The van der Waals surface area contributed by atoms with Crippen molar-refractivity contribution in [1.82, 2.24) is 9.80 Å². The largest absolute Gasteiger partial charge is 0.369 e. The van der Waals surface area contributed by atoms with Gasteiger partial charge < -0.3 is 14.5 Å². The summed E-state index contributed by atoms with van der Waals surface area (Å²) in [6, 6.07) is 14.0. The maximum atomic E-state index is 13.6. The number of carbonyl (C=O) groups is 1. The predicted octanol–water partition coefficient (Wildman–Crippen LogP) is 3.67. The lowest BCUT2D eigenvalue weighted by Crippen LogP contribution is -2.40. The first-order valence-corrected chi connectivity index (χ1v) is 10.4. The van der Waals surface area contributed by atoms with Crippen LogP contribution < -0.4 is 0 Å². The highest BCUT2D eigenvalue weighted by Crippen LogP contribution is 2.55. The third-order valence-electron chi connectivity index (χ3n) is 6.91. The van der Waals surface area contributed by atoms with Gasteiger partial charge in [0, 0.05) is 30.5 Å². The Morgan fingerprint density at radius 2 is 1.97 bits per heavy atom. The second-order valence-electron chi connectivity index (χ2n) is 9.07. The Hall–Kier alpha value is -2.24. The number of fused-ring (bicyclic) bond motifs is 1. The molecule has 0 unspecified atom stereocenters. The molecule has 2 bridgehead atoms. The second kappa shape index (κ2) is 6.92. The summed E-state index contributed by atoms with van der Waals surface area (Å²) in [6.45, 7) is 2.45. The van der Waals surface area contributed by atoms with Crippen molar-refractivity contribution in [3.8, 4) is 11.1 Å². The van der Waals surface area contributed by atoms with E-state index in [0.717, 1.165) is 37.1 Å². The number of hydrogen-bond acceptors (Lipinski definition) is 3. The van der Waals surface area contributed by atoms with Crippen LogP contribution in [0, 0.1) is 17.7 Å². The zero-order chi connectivity index (χ0) is 20.2. The van der Waals surface area contributed by atoms with Crippen LogP contribution in [0.3, 0.4) is 0 Å². The molecule has 5 rings (SSSR count). The van der Waals surface area contributed by atoms with Gasteiger partial charge in [0.25, 0.3) is 5.91 Å². The maximum Gasteiger partial charge on any atom is 0.253 e. The molecule has 3 aliphatic rings. The minimum atomic E-state index is -0.273. The van der Waals surface area contributed by atoms with Crippen LogP contribution in [-0.4, -0.2) is 61.1 Å². The minimum Gasteiger partial charge on any atom is -0.369 e. The van der Waals surface area contributed by atoms with Crippen molar-refractivity contribution in [2.75, 3.05) is 33.7 Å². The Labute approximate surface area is 171 Å².